The Morgan fingerprint density at radius 2 is 2.35 bits per heavy atom. The molecule has 0 radical (unpaired) electrons. The molecule has 1 rings (SSSR count). The molecule has 1 amide bonds. The maximum Gasteiger partial charge on any atom is 0.307 e. The summed E-state index contributed by atoms with van der Waals surface area (Å²) in [4.78, 5) is 24.6. The average Bonchev–Trinajstić information content (AvgIpc) is 2.63. The quantitative estimate of drug-likeness (QED) is 0.735. The van der Waals surface area contributed by atoms with Crippen LogP contribution in [0.25, 0.3) is 0 Å². The first-order chi connectivity index (χ1) is 8.10. The zero-order valence-electron chi connectivity index (χ0n) is 9.97. The predicted molar refractivity (Wildman–Crippen MR) is 65.8 cm³/mol. The molecular formula is C11H15N3O2S. The van der Waals surface area contributed by atoms with Crippen LogP contribution in [0.5, 0.6) is 0 Å². The van der Waals surface area contributed by atoms with Crippen LogP contribution in [0.2, 0.25) is 0 Å². The van der Waals surface area contributed by atoms with Crippen LogP contribution < -0.4 is 4.87 Å². The molecule has 6 heteroatoms. The van der Waals surface area contributed by atoms with Gasteiger partial charge in [0.2, 0.25) is 5.91 Å². The van der Waals surface area contributed by atoms with Crippen LogP contribution in [-0.4, -0.2) is 28.5 Å². The van der Waals surface area contributed by atoms with Gasteiger partial charge in [-0.15, -0.1) is 0 Å². The second kappa shape index (κ2) is 6.21. The lowest BCUT2D eigenvalue weighted by Crippen LogP contribution is -2.32. The van der Waals surface area contributed by atoms with Crippen LogP contribution in [0, 0.1) is 18.3 Å². The first-order valence-electron chi connectivity index (χ1n) is 5.39. The maximum absolute atomic E-state index is 11.7. The number of rotatable bonds is 5. The molecule has 0 fully saturated rings. The zero-order chi connectivity index (χ0) is 12.8. The van der Waals surface area contributed by atoms with E-state index in [1.807, 2.05) is 19.9 Å². The smallest absolute Gasteiger partial charge is 0.307 e. The molecule has 5 nitrogen and oxygen atoms in total. The van der Waals surface area contributed by atoms with E-state index < -0.39 is 0 Å². The molecule has 1 heterocycles. The molecule has 0 aliphatic carbocycles. The van der Waals surface area contributed by atoms with Crippen LogP contribution in [0.1, 0.15) is 19.0 Å². The molecule has 1 aromatic heterocycles. The lowest BCUT2D eigenvalue weighted by atomic mass is 10.3. The molecule has 0 spiro atoms. The lowest BCUT2D eigenvalue weighted by molar-refractivity contribution is -0.130. The van der Waals surface area contributed by atoms with Gasteiger partial charge in [-0.05, 0) is 13.8 Å². The summed E-state index contributed by atoms with van der Waals surface area (Å²) in [6.07, 6.45) is 0.257. The first-order valence-corrected chi connectivity index (χ1v) is 6.27. The van der Waals surface area contributed by atoms with E-state index in [1.165, 1.54) is 4.90 Å². The Labute approximate surface area is 104 Å². The van der Waals surface area contributed by atoms with Crippen molar-refractivity contribution >= 4 is 17.2 Å². The largest absolute Gasteiger partial charge is 0.330 e. The minimum absolute atomic E-state index is 0.0429. The summed E-state index contributed by atoms with van der Waals surface area (Å²) in [5, 5.41) is 10.3. The van der Waals surface area contributed by atoms with Gasteiger partial charge in [-0.2, -0.15) is 5.26 Å². The molecule has 0 aliphatic rings. The van der Waals surface area contributed by atoms with Crippen LogP contribution in [0.3, 0.4) is 0 Å². The van der Waals surface area contributed by atoms with E-state index in [2.05, 4.69) is 0 Å². The van der Waals surface area contributed by atoms with E-state index in [-0.39, 0.29) is 23.7 Å². The van der Waals surface area contributed by atoms with Gasteiger partial charge in [-0.25, -0.2) is 0 Å². The molecule has 0 unspecified atom stereocenters. The third-order valence-electron chi connectivity index (χ3n) is 2.52. The topological polar surface area (TPSA) is 66.1 Å². The van der Waals surface area contributed by atoms with Crippen molar-refractivity contribution in [3.05, 3.63) is 20.7 Å². The number of carbonyl (C=O) groups is 1. The Kier molecular flexibility index (Phi) is 4.91. The SMILES string of the molecule is CCN(CC#N)C(=O)CCn1c(C)csc1=O. The van der Waals surface area contributed by atoms with Crippen molar-refractivity contribution in [1.82, 2.24) is 9.47 Å². The van der Waals surface area contributed by atoms with Crippen molar-refractivity contribution in [3.8, 4) is 6.07 Å². The lowest BCUT2D eigenvalue weighted by Gasteiger charge is -2.17. The molecule has 17 heavy (non-hydrogen) atoms. The number of nitrogens with zero attached hydrogens (tertiary/aromatic N) is 3. The van der Waals surface area contributed by atoms with Gasteiger partial charge in [-0.1, -0.05) is 11.3 Å². The van der Waals surface area contributed by atoms with Gasteiger partial charge in [0.05, 0.1) is 6.07 Å². The van der Waals surface area contributed by atoms with Crippen molar-refractivity contribution in [3.63, 3.8) is 0 Å². The first kappa shape index (κ1) is 13.5. The number of amides is 1. The summed E-state index contributed by atoms with van der Waals surface area (Å²) >= 11 is 1.14. The van der Waals surface area contributed by atoms with Gasteiger partial charge in [0.25, 0.3) is 0 Å². The minimum atomic E-state index is -0.0912. The molecular weight excluding hydrogens is 238 g/mol. The molecule has 0 atom stereocenters. The highest BCUT2D eigenvalue weighted by molar-refractivity contribution is 7.07. The van der Waals surface area contributed by atoms with Gasteiger partial charge in [0.1, 0.15) is 6.54 Å². The standard InChI is InChI=1S/C11H15N3O2S/c1-3-13(7-5-12)10(15)4-6-14-9(2)8-17-11(14)16/h8H,3-4,6-7H2,1-2H3. The molecule has 0 N–H and O–H groups in total. The minimum Gasteiger partial charge on any atom is -0.330 e. The van der Waals surface area contributed by atoms with Gasteiger partial charge in [-0.3, -0.25) is 9.59 Å². The second-order valence-electron chi connectivity index (χ2n) is 3.61. The Morgan fingerprint density at radius 1 is 1.65 bits per heavy atom. The van der Waals surface area contributed by atoms with Gasteiger partial charge >= 0.3 is 4.87 Å². The van der Waals surface area contributed by atoms with Crippen molar-refractivity contribution < 1.29 is 4.79 Å². The fourth-order valence-electron chi connectivity index (χ4n) is 1.50. The molecule has 92 valence electrons. The number of aromatic nitrogens is 1. The fraction of sp³-hybridized carbons (Fsp3) is 0.545. The highest BCUT2D eigenvalue weighted by atomic mass is 32.1. The Balaban J connectivity index is 2.60. The van der Waals surface area contributed by atoms with E-state index in [0.717, 1.165) is 17.0 Å². The van der Waals surface area contributed by atoms with Crippen molar-refractivity contribution in [1.29, 1.82) is 5.26 Å². The second-order valence-corrected chi connectivity index (χ2v) is 4.43. The van der Waals surface area contributed by atoms with Crippen LogP contribution in [0.15, 0.2) is 10.2 Å². The highest BCUT2D eigenvalue weighted by Crippen LogP contribution is 2.02. The maximum atomic E-state index is 11.7. The summed E-state index contributed by atoms with van der Waals surface area (Å²) in [5.74, 6) is -0.0912. The molecule has 0 aliphatic heterocycles. The van der Waals surface area contributed by atoms with E-state index in [1.54, 1.807) is 9.95 Å². The number of thiazole rings is 1. The van der Waals surface area contributed by atoms with E-state index >= 15 is 0 Å². The fourth-order valence-corrected chi connectivity index (χ4v) is 2.26. The van der Waals surface area contributed by atoms with E-state index in [9.17, 15) is 9.59 Å². The zero-order valence-corrected chi connectivity index (χ0v) is 10.8. The summed E-state index contributed by atoms with van der Waals surface area (Å²) in [6.45, 7) is 4.68. The number of nitriles is 1. The Bertz CT molecular complexity index is 484. The van der Waals surface area contributed by atoms with E-state index in [0.29, 0.717) is 13.1 Å². The van der Waals surface area contributed by atoms with E-state index in [4.69, 9.17) is 5.26 Å². The van der Waals surface area contributed by atoms with Crippen molar-refractivity contribution in [2.75, 3.05) is 13.1 Å². The summed E-state index contributed by atoms with van der Waals surface area (Å²) in [5.41, 5.74) is 0.871. The monoisotopic (exact) mass is 253 g/mol. The molecule has 0 aromatic carbocycles. The summed E-state index contributed by atoms with van der Waals surface area (Å²) in [7, 11) is 0. The Hall–Kier alpha value is -1.61. The van der Waals surface area contributed by atoms with Gasteiger partial charge in [0.15, 0.2) is 0 Å². The van der Waals surface area contributed by atoms with Crippen LogP contribution in [-0.2, 0) is 11.3 Å². The summed E-state index contributed by atoms with van der Waals surface area (Å²) < 4.78 is 1.59. The number of hydrogen-bond donors (Lipinski definition) is 0. The van der Waals surface area contributed by atoms with Gasteiger partial charge in [0, 0.05) is 30.6 Å². The summed E-state index contributed by atoms with van der Waals surface area (Å²) in [6, 6.07) is 1.95. The number of hydrogen-bond acceptors (Lipinski definition) is 4. The molecule has 0 bridgehead atoms. The van der Waals surface area contributed by atoms with Crippen molar-refractivity contribution in [2.45, 2.75) is 26.8 Å². The Morgan fingerprint density at radius 3 is 2.82 bits per heavy atom. The van der Waals surface area contributed by atoms with Crippen LogP contribution >= 0.6 is 11.3 Å². The number of aryl methyl sites for hydroxylation is 1. The third-order valence-corrected chi connectivity index (χ3v) is 3.40. The van der Waals surface area contributed by atoms with Crippen LogP contribution in [0.4, 0.5) is 0 Å². The average molecular weight is 253 g/mol. The molecule has 0 saturated heterocycles. The molecule has 0 saturated carbocycles. The third kappa shape index (κ3) is 3.43. The van der Waals surface area contributed by atoms with Crippen molar-refractivity contribution in [2.24, 2.45) is 0 Å². The predicted octanol–water partition coefficient (Wildman–Crippen LogP) is 0.980. The molecule has 1 aromatic rings. The highest BCUT2D eigenvalue weighted by Gasteiger charge is 2.12. The number of carbonyl (C=O) groups excluding carboxylic acids is 1. The normalized spacial score (nSPS) is 9.94. The van der Waals surface area contributed by atoms with Gasteiger partial charge < -0.3 is 9.47 Å².